The molecule has 0 spiro atoms. The number of aromatic nitrogens is 1. The summed E-state index contributed by atoms with van der Waals surface area (Å²) in [4.78, 5) is 21.3. The van der Waals surface area contributed by atoms with Crippen LogP contribution in [0, 0.1) is 23.2 Å². The second-order valence-corrected chi connectivity index (χ2v) is 12.9. The molecule has 5 N–H and O–H groups in total. The van der Waals surface area contributed by atoms with Gasteiger partial charge in [0.05, 0.1) is 30.3 Å². The Morgan fingerprint density at radius 1 is 1.33 bits per heavy atom. The summed E-state index contributed by atoms with van der Waals surface area (Å²) >= 11 is 4.54. The molecule has 11 heteroatoms. The molecule has 2 aliphatic rings. The van der Waals surface area contributed by atoms with Gasteiger partial charge >= 0.3 is 0 Å². The van der Waals surface area contributed by atoms with Gasteiger partial charge in [0.15, 0.2) is 0 Å². The number of hydrogen-bond donors (Lipinski definition) is 5. The van der Waals surface area contributed by atoms with Crippen molar-refractivity contribution in [2.75, 3.05) is 43.6 Å². The highest BCUT2D eigenvalue weighted by molar-refractivity contribution is 7.81. The summed E-state index contributed by atoms with van der Waals surface area (Å²) in [6.45, 7) is 15.3. The maximum absolute atomic E-state index is 12.4. The number of primary amides is 1. The zero-order valence-electron chi connectivity index (χ0n) is 26.8. The highest BCUT2D eigenvalue weighted by atomic mass is 32.1. The normalized spacial score (nSPS) is 21.2. The molecule has 1 aromatic heterocycles. The Morgan fingerprint density at radius 2 is 2.07 bits per heavy atom. The maximum atomic E-state index is 12.4. The summed E-state index contributed by atoms with van der Waals surface area (Å²) in [6, 6.07) is 3.40. The van der Waals surface area contributed by atoms with Crippen molar-refractivity contribution in [3.63, 3.8) is 0 Å². The van der Waals surface area contributed by atoms with Crippen molar-refractivity contribution in [2.45, 2.75) is 71.4 Å². The summed E-state index contributed by atoms with van der Waals surface area (Å²) in [5, 5.41) is 14.8. The Bertz CT molecular complexity index is 1200. The van der Waals surface area contributed by atoms with Crippen LogP contribution in [0.3, 0.4) is 0 Å². The number of rotatable bonds is 15. The zero-order chi connectivity index (χ0) is 31.7. The maximum Gasteiger partial charge on any atom is 0.252 e. The van der Waals surface area contributed by atoms with E-state index >= 15 is 0 Å². The number of ether oxygens (including phenoxy) is 2. The number of carbonyl (C=O) groups is 1. The first-order chi connectivity index (χ1) is 20.3. The first kappa shape index (κ1) is 34.3. The molecule has 1 fully saturated rings. The molecule has 1 saturated heterocycles. The van der Waals surface area contributed by atoms with Crippen LogP contribution in [0.1, 0.15) is 64.7 Å². The smallest absolute Gasteiger partial charge is 0.252 e. The van der Waals surface area contributed by atoms with E-state index in [-0.39, 0.29) is 22.9 Å². The Balaban J connectivity index is 1.60. The van der Waals surface area contributed by atoms with Crippen LogP contribution in [0.15, 0.2) is 48.5 Å². The van der Waals surface area contributed by atoms with Crippen LogP contribution >= 0.6 is 12.6 Å². The highest BCUT2D eigenvalue weighted by Crippen LogP contribution is 2.36. The number of thiol groups is 1. The van der Waals surface area contributed by atoms with Crippen LogP contribution in [-0.2, 0) is 9.47 Å². The highest BCUT2D eigenvalue weighted by Gasteiger charge is 2.41. The van der Waals surface area contributed by atoms with Crippen LogP contribution in [0.5, 0.6) is 0 Å². The Labute approximate surface area is 263 Å². The minimum absolute atomic E-state index is 0.0332. The molecule has 3 heterocycles. The molecule has 43 heavy (non-hydrogen) atoms. The van der Waals surface area contributed by atoms with E-state index in [0.29, 0.717) is 61.3 Å². The van der Waals surface area contributed by atoms with Gasteiger partial charge in [-0.2, -0.15) is 12.6 Å². The molecule has 2 aliphatic heterocycles. The van der Waals surface area contributed by atoms with E-state index in [1.807, 2.05) is 25.3 Å². The van der Waals surface area contributed by atoms with Gasteiger partial charge in [0.2, 0.25) is 5.90 Å². The van der Waals surface area contributed by atoms with Gasteiger partial charge in [-0.15, -0.1) is 0 Å². The van der Waals surface area contributed by atoms with Gasteiger partial charge in [0, 0.05) is 38.0 Å². The molecular formula is C32H51N7O3S. The molecule has 10 nitrogen and oxygen atoms in total. The minimum atomic E-state index is -0.536. The number of amides is 1. The molecule has 0 bridgehead atoms. The molecule has 0 aliphatic carbocycles. The fourth-order valence-corrected chi connectivity index (χ4v) is 5.80. The van der Waals surface area contributed by atoms with Crippen LogP contribution in [0.2, 0.25) is 0 Å². The predicted octanol–water partition coefficient (Wildman–Crippen LogP) is 4.98. The predicted molar refractivity (Wildman–Crippen MR) is 179 cm³/mol. The van der Waals surface area contributed by atoms with Gasteiger partial charge in [0.25, 0.3) is 5.91 Å². The van der Waals surface area contributed by atoms with Crippen LogP contribution in [-0.4, -0.2) is 72.1 Å². The monoisotopic (exact) mass is 613 g/mol. The van der Waals surface area contributed by atoms with Gasteiger partial charge in [-0.3, -0.25) is 10.2 Å². The quantitative estimate of drug-likeness (QED) is 0.0811. The van der Waals surface area contributed by atoms with Crippen molar-refractivity contribution in [3.8, 4) is 0 Å². The van der Waals surface area contributed by atoms with Gasteiger partial charge in [-0.25, -0.2) is 4.98 Å². The van der Waals surface area contributed by atoms with Gasteiger partial charge < -0.3 is 35.6 Å². The average molecular weight is 614 g/mol. The van der Waals surface area contributed by atoms with E-state index in [0.717, 1.165) is 18.7 Å². The van der Waals surface area contributed by atoms with Crippen molar-refractivity contribution in [2.24, 2.45) is 23.5 Å². The lowest BCUT2D eigenvalue weighted by Crippen LogP contribution is -2.40. The Kier molecular flexibility index (Phi) is 12.4. The number of nitrogens with one attached hydrogen (secondary N) is 3. The van der Waals surface area contributed by atoms with Gasteiger partial charge in [-0.05, 0) is 56.2 Å². The standard InChI is InChI=1S/C32H51N7O3S/c1-8-22(4)25(21(2)3)20-42-26(33)14-15-35-27-13-12-24(30(34)40)31(37-27)39-19-23(18-32(39,5)6)41-17-16-36-28-10-9-11-29(43)38(28)7/h9-15,21-23,25,29,33,36,43H,8,16-20H2,1-7H3,(H2,34,40)(H,35,37)/b15-14-,33-26?. The van der Waals surface area contributed by atoms with Crippen LogP contribution in [0.25, 0.3) is 0 Å². The Morgan fingerprint density at radius 3 is 2.74 bits per heavy atom. The molecule has 238 valence electrons. The summed E-state index contributed by atoms with van der Waals surface area (Å²) in [7, 11) is 2.00. The van der Waals surface area contributed by atoms with Crippen molar-refractivity contribution in [1.82, 2.24) is 15.2 Å². The first-order valence-electron chi connectivity index (χ1n) is 15.2. The second-order valence-electron chi connectivity index (χ2n) is 12.4. The number of anilines is 2. The van der Waals surface area contributed by atoms with E-state index in [1.54, 1.807) is 24.4 Å². The van der Waals surface area contributed by atoms with Crippen molar-refractivity contribution in [1.29, 1.82) is 5.41 Å². The minimum Gasteiger partial charge on any atom is -0.478 e. The molecule has 4 atom stereocenters. The summed E-state index contributed by atoms with van der Waals surface area (Å²) in [5.41, 5.74) is 5.80. The number of pyridine rings is 1. The third-order valence-electron chi connectivity index (χ3n) is 8.44. The molecule has 4 unspecified atom stereocenters. The number of hydrogen-bond acceptors (Lipinski definition) is 10. The zero-order valence-corrected chi connectivity index (χ0v) is 27.7. The van der Waals surface area contributed by atoms with Crippen molar-refractivity contribution < 1.29 is 14.3 Å². The van der Waals surface area contributed by atoms with E-state index < -0.39 is 5.91 Å². The number of likely N-dealkylation sites (N-methyl/N-ethyl adjacent to an activating group) is 1. The summed E-state index contributed by atoms with van der Waals surface area (Å²) in [5.74, 6) is 2.99. The van der Waals surface area contributed by atoms with E-state index in [9.17, 15) is 4.79 Å². The molecule has 1 aromatic rings. The van der Waals surface area contributed by atoms with Gasteiger partial charge in [-0.1, -0.05) is 46.3 Å². The van der Waals surface area contributed by atoms with Crippen LogP contribution in [0.4, 0.5) is 11.6 Å². The molecule has 0 radical (unpaired) electrons. The molecule has 0 aromatic carbocycles. The number of carbonyl (C=O) groups excluding carboxylic acids is 1. The second kappa shape index (κ2) is 15.5. The molecular weight excluding hydrogens is 562 g/mol. The van der Waals surface area contributed by atoms with Crippen molar-refractivity contribution in [3.05, 3.63) is 54.0 Å². The first-order valence-corrected chi connectivity index (χ1v) is 15.7. The topological polar surface area (TPSA) is 129 Å². The number of nitrogens with zero attached hydrogens (tertiary/aromatic N) is 3. The molecule has 0 saturated carbocycles. The van der Waals surface area contributed by atoms with E-state index in [2.05, 4.69) is 74.6 Å². The van der Waals surface area contributed by atoms with Crippen LogP contribution < -0.4 is 21.3 Å². The SMILES string of the molecule is CCC(C)C(COC(=N)/C=C\Nc1ccc(C(N)=O)c(N2CC(OCCNC3=CC=CC(S)N3C)CC2(C)C)n1)C(C)C. The summed E-state index contributed by atoms with van der Waals surface area (Å²) in [6.07, 6.45) is 11.1. The lowest BCUT2D eigenvalue weighted by atomic mass is 9.84. The fraction of sp³-hybridized carbons (Fsp3) is 0.594. The summed E-state index contributed by atoms with van der Waals surface area (Å²) < 4.78 is 12.0. The third-order valence-corrected chi connectivity index (χ3v) is 8.96. The lowest BCUT2D eigenvalue weighted by Gasteiger charge is -2.33. The fourth-order valence-electron chi connectivity index (χ4n) is 5.57. The molecule has 3 rings (SSSR count). The number of allylic oxidation sites excluding steroid dienone is 2. The molecule has 1 amide bonds. The number of nitrogens with two attached hydrogens (primary N) is 1. The third kappa shape index (κ3) is 9.40. The van der Waals surface area contributed by atoms with Crippen molar-refractivity contribution >= 4 is 36.1 Å². The van der Waals surface area contributed by atoms with Gasteiger partial charge in [0.1, 0.15) is 17.5 Å². The largest absolute Gasteiger partial charge is 0.478 e. The Hall–Kier alpha value is -3.18. The lowest BCUT2D eigenvalue weighted by molar-refractivity contribution is 0.0655. The van der Waals surface area contributed by atoms with E-state index in [4.69, 9.17) is 25.6 Å². The average Bonchev–Trinajstić information content (AvgIpc) is 3.26. The van der Waals surface area contributed by atoms with E-state index in [1.165, 1.54) is 0 Å².